The van der Waals surface area contributed by atoms with E-state index in [4.69, 9.17) is 18.9 Å². The molecular weight excluding hydrogens is 665 g/mol. The molecule has 4 heterocycles. The molecule has 0 bridgehead atoms. The fourth-order valence-corrected chi connectivity index (χ4v) is 6.69. The first-order valence-electron chi connectivity index (χ1n) is 14.3. The lowest BCUT2D eigenvalue weighted by Gasteiger charge is -2.33. The minimum absolute atomic E-state index is 0.127. The Morgan fingerprint density at radius 1 is 0.542 bits per heavy atom. The summed E-state index contributed by atoms with van der Waals surface area (Å²) in [6.45, 7) is 4.58. The molecule has 0 aliphatic heterocycles. The second-order valence-corrected chi connectivity index (χ2v) is 12.2. The number of carbonyl (C=O) groups is 4. The van der Waals surface area contributed by atoms with Gasteiger partial charge in [0.1, 0.15) is 0 Å². The summed E-state index contributed by atoms with van der Waals surface area (Å²) in [4.78, 5) is 51.0. The van der Waals surface area contributed by atoms with E-state index < -0.39 is 48.3 Å². The van der Waals surface area contributed by atoms with Gasteiger partial charge in [-0.2, -0.15) is 19.2 Å². The number of esters is 4. The second kappa shape index (κ2) is 13.6. The lowest BCUT2D eigenvalue weighted by atomic mass is 10.0. The number of hydrogen-bond acceptors (Lipinski definition) is 16. The number of nitrogens with zero attached hydrogens (tertiary/aromatic N) is 8. The van der Waals surface area contributed by atoms with Crippen LogP contribution in [-0.2, 0) is 38.1 Å². The van der Waals surface area contributed by atoms with Crippen LogP contribution in [-0.4, -0.2) is 75.7 Å². The average Bonchev–Trinajstić information content (AvgIpc) is 3.82. The van der Waals surface area contributed by atoms with Crippen molar-refractivity contribution in [2.24, 2.45) is 0 Å². The largest absolute Gasteiger partial charge is 0.454 e. The number of benzene rings is 2. The van der Waals surface area contributed by atoms with Crippen LogP contribution < -0.4 is 0 Å². The van der Waals surface area contributed by atoms with E-state index in [1.165, 1.54) is 9.03 Å². The van der Waals surface area contributed by atoms with E-state index >= 15 is 0 Å². The zero-order valence-electron chi connectivity index (χ0n) is 25.7. The van der Waals surface area contributed by atoms with E-state index in [1.54, 1.807) is 0 Å². The zero-order valence-corrected chi connectivity index (χ0v) is 27.4. The monoisotopic (exact) mass is 690 g/mol. The molecule has 48 heavy (non-hydrogen) atoms. The van der Waals surface area contributed by atoms with Gasteiger partial charge in [0.2, 0.25) is 9.92 Å². The van der Waals surface area contributed by atoms with Crippen molar-refractivity contribution >= 4 is 56.5 Å². The molecule has 0 spiro atoms. The van der Waals surface area contributed by atoms with E-state index in [-0.39, 0.29) is 10.0 Å². The van der Waals surface area contributed by atoms with Crippen molar-refractivity contribution in [1.29, 1.82) is 0 Å². The van der Waals surface area contributed by atoms with Gasteiger partial charge in [0.15, 0.2) is 46.1 Å². The highest BCUT2D eigenvalue weighted by molar-refractivity contribution is 7.17. The molecule has 4 atom stereocenters. The fraction of sp³-hybridized carbons (Fsp3) is 0.267. The Kier molecular flexibility index (Phi) is 9.17. The van der Waals surface area contributed by atoms with Crippen LogP contribution in [0.2, 0.25) is 0 Å². The number of carbonyl (C=O) groups excluding carboxylic acids is 4. The zero-order chi connectivity index (χ0) is 33.9. The Morgan fingerprint density at radius 2 is 0.896 bits per heavy atom. The second-order valence-electron chi connectivity index (χ2n) is 10.3. The van der Waals surface area contributed by atoms with Gasteiger partial charge in [-0.25, -0.2) is 0 Å². The van der Waals surface area contributed by atoms with E-state index in [1.807, 2.05) is 60.7 Å². The average molecular weight is 691 g/mol. The van der Waals surface area contributed by atoms with Gasteiger partial charge in [-0.05, 0) is 0 Å². The molecule has 18 heteroatoms. The van der Waals surface area contributed by atoms with Gasteiger partial charge >= 0.3 is 23.9 Å². The number of fused-ring (bicyclic) bond motifs is 2. The third kappa shape index (κ3) is 6.74. The molecule has 6 aromatic rings. The molecule has 2 aromatic carbocycles. The molecule has 0 aliphatic carbocycles. The normalized spacial score (nSPS) is 13.8. The van der Waals surface area contributed by atoms with Crippen LogP contribution in [0.1, 0.15) is 49.9 Å². The minimum Gasteiger partial charge on any atom is -0.454 e. The minimum atomic E-state index is -1.59. The van der Waals surface area contributed by atoms with Crippen molar-refractivity contribution in [2.45, 2.75) is 52.1 Å². The highest BCUT2D eigenvalue weighted by atomic mass is 32.1. The molecule has 0 aliphatic rings. The summed E-state index contributed by atoms with van der Waals surface area (Å²) >= 11 is 2.01. The van der Waals surface area contributed by atoms with Crippen molar-refractivity contribution in [3.63, 3.8) is 0 Å². The van der Waals surface area contributed by atoms with Crippen LogP contribution in [0.25, 0.3) is 32.7 Å². The van der Waals surface area contributed by atoms with Crippen molar-refractivity contribution in [3.8, 4) is 22.8 Å². The quantitative estimate of drug-likeness (QED) is 0.141. The number of ether oxygens (including phenoxy) is 4. The topological polar surface area (TPSA) is 191 Å². The Labute approximate surface area is 279 Å². The van der Waals surface area contributed by atoms with Gasteiger partial charge in [-0.1, -0.05) is 83.3 Å². The Hall–Kier alpha value is -5.62. The Bertz CT molecular complexity index is 1960. The van der Waals surface area contributed by atoms with E-state index in [9.17, 15) is 19.2 Å². The number of rotatable bonds is 11. The predicted octanol–water partition coefficient (Wildman–Crippen LogP) is 3.79. The summed E-state index contributed by atoms with van der Waals surface area (Å²) in [6, 6.07) is 18.3. The molecule has 0 N–H and O–H groups in total. The van der Waals surface area contributed by atoms with Gasteiger partial charge in [-0.15, -0.1) is 20.4 Å². The van der Waals surface area contributed by atoms with E-state index in [0.29, 0.717) is 32.7 Å². The molecule has 0 unspecified atom stereocenters. The highest BCUT2D eigenvalue weighted by Gasteiger charge is 2.47. The Morgan fingerprint density at radius 3 is 1.23 bits per heavy atom. The molecular formula is C30H26N8O8S2. The van der Waals surface area contributed by atoms with Crippen molar-refractivity contribution in [1.82, 2.24) is 39.6 Å². The van der Waals surface area contributed by atoms with Gasteiger partial charge in [0, 0.05) is 38.8 Å². The van der Waals surface area contributed by atoms with Crippen LogP contribution in [0, 0.1) is 0 Å². The summed E-state index contributed by atoms with van der Waals surface area (Å²) in [5.41, 5.74) is 1.43. The highest BCUT2D eigenvalue weighted by Crippen LogP contribution is 2.39. The van der Waals surface area contributed by atoms with E-state index in [2.05, 4.69) is 30.6 Å². The molecule has 0 amide bonds. The maximum Gasteiger partial charge on any atom is 0.303 e. The van der Waals surface area contributed by atoms with Crippen molar-refractivity contribution < 1.29 is 38.1 Å². The van der Waals surface area contributed by atoms with Crippen molar-refractivity contribution in [3.05, 3.63) is 70.7 Å². The maximum atomic E-state index is 12.6. The first-order chi connectivity index (χ1) is 23.1. The molecule has 0 saturated heterocycles. The van der Waals surface area contributed by atoms with E-state index in [0.717, 1.165) is 50.4 Å². The molecule has 246 valence electrons. The standard InChI is InChI=1S/C30H26N8O8S2/c1-15(39)43-21(23(45-17(3)41)27-35-37-25(31-33-29(37)47-27)19-11-7-5-8-12-19)22(44-16(2)40)24(46-18(4)42)28-36-38-26(32-34-30(38)48-28)20-13-9-6-10-14-20/h5-14,21-24H,1-4H3/t21-,22+,23+,24-. The van der Waals surface area contributed by atoms with Gasteiger partial charge in [-0.3, -0.25) is 19.2 Å². The van der Waals surface area contributed by atoms with Crippen molar-refractivity contribution in [2.75, 3.05) is 0 Å². The van der Waals surface area contributed by atoms with Crippen LogP contribution in [0.5, 0.6) is 0 Å². The third-order valence-electron chi connectivity index (χ3n) is 6.67. The first kappa shape index (κ1) is 32.3. The summed E-state index contributed by atoms with van der Waals surface area (Å²) in [5, 5.41) is 26.3. The molecule has 0 saturated carbocycles. The smallest absolute Gasteiger partial charge is 0.303 e. The molecule has 6 rings (SSSR count). The Balaban J connectivity index is 1.48. The number of hydrogen-bond donors (Lipinski definition) is 0. The SMILES string of the molecule is CC(=O)O[C@H]([C@H](OC(C)=O)[C@@H](OC(C)=O)c1nn2c(-c3ccccc3)nnc2s1)[C@H](OC(C)=O)c1nn2c(-c3ccccc3)nnc2s1. The molecule has 4 aromatic heterocycles. The maximum absolute atomic E-state index is 12.6. The molecule has 16 nitrogen and oxygen atoms in total. The van der Waals surface area contributed by atoms with Crippen LogP contribution in [0.15, 0.2) is 60.7 Å². The summed E-state index contributed by atoms with van der Waals surface area (Å²) < 4.78 is 25.8. The summed E-state index contributed by atoms with van der Waals surface area (Å²) in [6.07, 6.45) is -6.11. The van der Waals surface area contributed by atoms with Crippen LogP contribution >= 0.6 is 22.7 Å². The number of aromatic nitrogens is 8. The van der Waals surface area contributed by atoms with Gasteiger partial charge in [0.05, 0.1) is 0 Å². The predicted molar refractivity (Wildman–Crippen MR) is 168 cm³/mol. The summed E-state index contributed by atoms with van der Waals surface area (Å²) in [5.74, 6) is -2.34. The lowest BCUT2D eigenvalue weighted by Crippen LogP contribution is -2.45. The molecule has 0 fully saturated rings. The first-order valence-corrected chi connectivity index (χ1v) is 16.0. The summed E-state index contributed by atoms with van der Waals surface area (Å²) in [7, 11) is 0. The fourth-order valence-electron chi connectivity index (χ4n) is 4.89. The van der Waals surface area contributed by atoms with Gasteiger partial charge < -0.3 is 18.9 Å². The lowest BCUT2D eigenvalue weighted by molar-refractivity contribution is -0.200. The molecule has 0 radical (unpaired) electrons. The third-order valence-corrected chi connectivity index (χ3v) is 8.59. The van der Waals surface area contributed by atoms with Crippen LogP contribution in [0.3, 0.4) is 0 Å². The van der Waals surface area contributed by atoms with Gasteiger partial charge in [0.25, 0.3) is 0 Å². The van der Waals surface area contributed by atoms with Crippen LogP contribution in [0.4, 0.5) is 0 Å².